The topological polar surface area (TPSA) is 35.6 Å². The van der Waals surface area contributed by atoms with Crippen LogP contribution in [-0.2, 0) is 6.18 Å². The fourth-order valence-corrected chi connectivity index (χ4v) is 3.79. The van der Waals surface area contributed by atoms with Gasteiger partial charge in [-0.25, -0.2) is 0 Å². The summed E-state index contributed by atoms with van der Waals surface area (Å²) in [5.74, 6) is -0.437. The van der Waals surface area contributed by atoms with E-state index in [9.17, 15) is 18.0 Å². The molecule has 0 aliphatic carbocycles. The van der Waals surface area contributed by atoms with Gasteiger partial charge in [0.05, 0.1) is 25.6 Å². The normalized spacial score (nSPS) is 11.7. The molecule has 0 unspecified atom stereocenters. The molecule has 27 heavy (non-hydrogen) atoms. The molecule has 4 nitrogen and oxygen atoms in total. The van der Waals surface area contributed by atoms with Crippen molar-refractivity contribution in [2.45, 2.75) is 12.6 Å². The number of carbonyl (C=O) groups excluding carboxylic acids is 1. The van der Waals surface area contributed by atoms with Gasteiger partial charge in [-0.2, -0.15) is 13.2 Å². The molecule has 1 amide bonds. The maximum atomic E-state index is 13.1. The molecule has 1 heterocycles. The van der Waals surface area contributed by atoms with Crippen molar-refractivity contribution in [1.29, 1.82) is 0 Å². The summed E-state index contributed by atoms with van der Waals surface area (Å²) in [6, 6.07) is 6.77. The second-order valence-corrected chi connectivity index (χ2v) is 8.83. The molecule has 1 N–H and O–H groups in total. The van der Waals surface area contributed by atoms with Crippen LogP contribution in [0.3, 0.4) is 0 Å². The Morgan fingerprint density at radius 1 is 1.15 bits per heavy atom. The van der Waals surface area contributed by atoms with Gasteiger partial charge < -0.3 is 15.1 Å². The lowest BCUT2D eigenvalue weighted by Gasteiger charge is -2.24. The highest BCUT2D eigenvalue weighted by Gasteiger charge is 2.31. The Bertz CT molecular complexity index is 792. The SMILES string of the molecule is CN(C)CCCN(C)c1ccc(C(F)(F)F)cc1NC(=O)c1ccc(Br)s1. The number of anilines is 2. The Labute approximate surface area is 169 Å². The standard InChI is InChI=1S/C18H21BrF3N3OS/c1-24(2)9-4-10-25(3)14-6-5-12(18(20,21)22)11-13(14)23-17(26)15-7-8-16(19)27-15/h5-8,11H,4,9-10H2,1-3H3,(H,23,26). The number of nitrogens with one attached hydrogen (secondary N) is 1. The number of hydrogen-bond donors (Lipinski definition) is 1. The molecule has 2 rings (SSSR count). The monoisotopic (exact) mass is 463 g/mol. The fraction of sp³-hybridized carbons (Fsp3) is 0.389. The third-order valence-corrected chi connectivity index (χ3v) is 5.50. The molecular formula is C18H21BrF3N3OS. The maximum Gasteiger partial charge on any atom is 0.416 e. The number of nitrogens with zero attached hydrogens (tertiary/aromatic N) is 2. The Balaban J connectivity index is 2.28. The zero-order valence-electron chi connectivity index (χ0n) is 15.2. The maximum absolute atomic E-state index is 13.1. The minimum absolute atomic E-state index is 0.145. The second kappa shape index (κ2) is 9.07. The van der Waals surface area contributed by atoms with E-state index in [0.717, 1.165) is 28.9 Å². The van der Waals surface area contributed by atoms with Crippen LogP contribution in [0.4, 0.5) is 24.5 Å². The van der Waals surface area contributed by atoms with Crippen LogP contribution >= 0.6 is 27.3 Å². The average Bonchev–Trinajstić information content (AvgIpc) is 3.00. The van der Waals surface area contributed by atoms with E-state index in [4.69, 9.17) is 0 Å². The third-order valence-electron chi connectivity index (χ3n) is 3.88. The summed E-state index contributed by atoms with van der Waals surface area (Å²) < 4.78 is 40.1. The quantitative estimate of drug-likeness (QED) is 0.614. The molecule has 0 saturated heterocycles. The molecule has 0 saturated carbocycles. The van der Waals surface area contributed by atoms with Gasteiger partial charge in [-0.05, 0) is 73.3 Å². The Morgan fingerprint density at radius 3 is 2.41 bits per heavy atom. The molecule has 1 aromatic heterocycles. The van der Waals surface area contributed by atoms with Gasteiger partial charge in [0, 0.05) is 13.6 Å². The van der Waals surface area contributed by atoms with E-state index in [1.54, 1.807) is 19.2 Å². The first kappa shape index (κ1) is 21.7. The summed E-state index contributed by atoms with van der Waals surface area (Å²) in [4.78, 5) is 16.7. The highest BCUT2D eigenvalue weighted by atomic mass is 79.9. The molecule has 0 aliphatic heterocycles. The lowest BCUT2D eigenvalue weighted by molar-refractivity contribution is -0.137. The predicted octanol–water partition coefficient (Wildman–Crippen LogP) is 5.17. The number of hydrogen-bond acceptors (Lipinski definition) is 4. The summed E-state index contributed by atoms with van der Waals surface area (Å²) in [5.41, 5.74) is -0.104. The van der Waals surface area contributed by atoms with Crippen LogP contribution in [0, 0.1) is 0 Å². The lowest BCUT2D eigenvalue weighted by Crippen LogP contribution is -2.25. The van der Waals surface area contributed by atoms with Crippen molar-refractivity contribution in [1.82, 2.24) is 4.90 Å². The van der Waals surface area contributed by atoms with Gasteiger partial charge in [0.1, 0.15) is 0 Å². The number of thiophene rings is 1. The molecule has 2 aromatic rings. The number of alkyl halides is 3. The van der Waals surface area contributed by atoms with Crippen LogP contribution in [-0.4, -0.2) is 45.0 Å². The van der Waals surface area contributed by atoms with Gasteiger partial charge in [-0.15, -0.1) is 11.3 Å². The molecular weight excluding hydrogens is 443 g/mol. The zero-order valence-corrected chi connectivity index (χ0v) is 17.6. The van der Waals surface area contributed by atoms with Crippen molar-refractivity contribution in [2.75, 3.05) is 44.4 Å². The third kappa shape index (κ3) is 6.22. The predicted molar refractivity (Wildman–Crippen MR) is 108 cm³/mol. The van der Waals surface area contributed by atoms with E-state index in [0.29, 0.717) is 17.1 Å². The number of rotatable bonds is 7. The molecule has 0 aliphatic rings. The molecule has 9 heteroatoms. The summed E-state index contributed by atoms with van der Waals surface area (Å²) in [7, 11) is 5.72. The number of amides is 1. The first-order valence-corrected chi connectivity index (χ1v) is 9.82. The van der Waals surface area contributed by atoms with Gasteiger partial charge in [0.2, 0.25) is 0 Å². The summed E-state index contributed by atoms with van der Waals surface area (Å²) in [6.07, 6.45) is -3.64. The molecule has 1 aromatic carbocycles. The van der Waals surface area contributed by atoms with Crippen LogP contribution in [0.25, 0.3) is 0 Å². The molecule has 0 bridgehead atoms. The molecule has 0 spiro atoms. The minimum atomic E-state index is -4.48. The van der Waals surface area contributed by atoms with Gasteiger partial charge in [-0.1, -0.05) is 0 Å². The van der Waals surface area contributed by atoms with Crippen molar-refractivity contribution in [3.05, 3.63) is 44.6 Å². The second-order valence-electron chi connectivity index (χ2n) is 6.37. The average molecular weight is 464 g/mol. The van der Waals surface area contributed by atoms with Crippen LogP contribution in [0.15, 0.2) is 34.1 Å². The summed E-state index contributed by atoms with van der Waals surface area (Å²) >= 11 is 4.50. The van der Waals surface area contributed by atoms with Crippen molar-refractivity contribution in [3.8, 4) is 0 Å². The van der Waals surface area contributed by atoms with E-state index in [1.807, 2.05) is 23.9 Å². The van der Waals surface area contributed by atoms with Gasteiger partial charge in [-0.3, -0.25) is 4.79 Å². The van der Waals surface area contributed by atoms with E-state index < -0.39 is 17.6 Å². The summed E-state index contributed by atoms with van der Waals surface area (Å²) in [6.45, 7) is 1.51. The Morgan fingerprint density at radius 2 is 1.85 bits per heavy atom. The molecule has 0 radical (unpaired) electrons. The van der Waals surface area contributed by atoms with E-state index in [-0.39, 0.29) is 5.69 Å². The Kier molecular flexibility index (Phi) is 7.30. The van der Waals surface area contributed by atoms with Gasteiger partial charge in [0.25, 0.3) is 5.91 Å². The lowest BCUT2D eigenvalue weighted by atomic mass is 10.1. The van der Waals surface area contributed by atoms with Crippen molar-refractivity contribution >= 4 is 44.5 Å². The van der Waals surface area contributed by atoms with Crippen LogP contribution < -0.4 is 10.2 Å². The highest BCUT2D eigenvalue weighted by molar-refractivity contribution is 9.11. The molecule has 0 atom stereocenters. The fourth-order valence-electron chi connectivity index (χ4n) is 2.51. The number of halogens is 4. The van der Waals surface area contributed by atoms with Crippen LogP contribution in [0.2, 0.25) is 0 Å². The van der Waals surface area contributed by atoms with Gasteiger partial charge >= 0.3 is 6.18 Å². The van der Waals surface area contributed by atoms with Gasteiger partial charge in [0.15, 0.2) is 0 Å². The van der Waals surface area contributed by atoms with Crippen LogP contribution in [0.1, 0.15) is 21.7 Å². The van der Waals surface area contributed by atoms with Crippen molar-refractivity contribution < 1.29 is 18.0 Å². The molecule has 0 fully saturated rings. The first-order chi connectivity index (χ1) is 12.6. The van der Waals surface area contributed by atoms with Crippen LogP contribution in [0.5, 0.6) is 0 Å². The number of carbonyl (C=O) groups is 1. The van der Waals surface area contributed by atoms with Crippen molar-refractivity contribution in [3.63, 3.8) is 0 Å². The summed E-state index contributed by atoms with van der Waals surface area (Å²) in [5, 5.41) is 2.63. The number of benzene rings is 1. The largest absolute Gasteiger partial charge is 0.416 e. The Hall–Kier alpha value is -1.58. The van der Waals surface area contributed by atoms with E-state index in [1.165, 1.54) is 17.4 Å². The van der Waals surface area contributed by atoms with E-state index in [2.05, 4.69) is 21.2 Å². The smallest absolute Gasteiger partial charge is 0.373 e. The minimum Gasteiger partial charge on any atom is -0.373 e. The highest BCUT2D eigenvalue weighted by Crippen LogP contribution is 2.35. The van der Waals surface area contributed by atoms with Crippen molar-refractivity contribution in [2.24, 2.45) is 0 Å². The zero-order chi connectivity index (χ0) is 20.2. The first-order valence-electron chi connectivity index (χ1n) is 8.21. The van der Waals surface area contributed by atoms with E-state index >= 15 is 0 Å². The molecule has 148 valence electrons.